The zero-order valence-electron chi connectivity index (χ0n) is 9.98. The van der Waals surface area contributed by atoms with Crippen molar-refractivity contribution in [2.45, 2.75) is 19.4 Å². The first-order valence-electron chi connectivity index (χ1n) is 5.33. The van der Waals surface area contributed by atoms with Crippen molar-refractivity contribution in [2.75, 3.05) is 7.05 Å². The summed E-state index contributed by atoms with van der Waals surface area (Å²) in [6.07, 6.45) is 0.337. The van der Waals surface area contributed by atoms with Crippen molar-refractivity contribution >= 4 is 39.4 Å². The van der Waals surface area contributed by atoms with Gasteiger partial charge in [-0.15, -0.1) is 0 Å². The number of amides is 1. The highest BCUT2D eigenvalue weighted by atomic mass is 79.9. The van der Waals surface area contributed by atoms with Gasteiger partial charge in [-0.1, -0.05) is 34.5 Å². The van der Waals surface area contributed by atoms with Crippen LogP contribution in [0, 0.1) is 0 Å². The van der Waals surface area contributed by atoms with E-state index in [0.717, 1.165) is 0 Å². The van der Waals surface area contributed by atoms with Crippen molar-refractivity contribution < 1.29 is 14.7 Å². The Balaban J connectivity index is 3.06. The molecule has 6 heteroatoms. The molecule has 1 unspecified atom stereocenters. The van der Waals surface area contributed by atoms with Crippen LogP contribution in [-0.2, 0) is 4.79 Å². The number of hydrogen-bond acceptors (Lipinski definition) is 2. The monoisotopic (exact) mass is 333 g/mol. The van der Waals surface area contributed by atoms with Crippen LogP contribution in [0.1, 0.15) is 23.7 Å². The molecular weight excluding hydrogens is 321 g/mol. The maximum absolute atomic E-state index is 12.2. The molecule has 0 spiro atoms. The Hall–Kier alpha value is -1.07. The molecule has 0 radical (unpaired) electrons. The maximum atomic E-state index is 12.2. The van der Waals surface area contributed by atoms with Gasteiger partial charge in [-0.25, -0.2) is 4.79 Å². The van der Waals surface area contributed by atoms with Crippen LogP contribution < -0.4 is 0 Å². The van der Waals surface area contributed by atoms with Crippen LogP contribution in [0.2, 0.25) is 5.02 Å². The summed E-state index contributed by atoms with van der Waals surface area (Å²) in [5.41, 5.74) is 0.285. The van der Waals surface area contributed by atoms with Gasteiger partial charge in [-0.05, 0) is 24.6 Å². The number of rotatable bonds is 4. The van der Waals surface area contributed by atoms with Crippen LogP contribution >= 0.6 is 27.5 Å². The van der Waals surface area contributed by atoms with Crippen molar-refractivity contribution in [3.05, 3.63) is 33.3 Å². The van der Waals surface area contributed by atoms with Gasteiger partial charge >= 0.3 is 5.97 Å². The van der Waals surface area contributed by atoms with Gasteiger partial charge in [0.25, 0.3) is 5.91 Å². The number of carbonyl (C=O) groups is 2. The highest BCUT2D eigenvalue weighted by Crippen LogP contribution is 2.23. The van der Waals surface area contributed by atoms with Crippen LogP contribution in [0.3, 0.4) is 0 Å². The topological polar surface area (TPSA) is 57.6 Å². The fraction of sp³-hybridized carbons (Fsp3) is 0.333. The van der Waals surface area contributed by atoms with E-state index in [1.807, 2.05) is 0 Å². The minimum atomic E-state index is -1.03. The highest BCUT2D eigenvalue weighted by molar-refractivity contribution is 9.10. The van der Waals surface area contributed by atoms with Crippen LogP contribution in [-0.4, -0.2) is 35.0 Å². The summed E-state index contributed by atoms with van der Waals surface area (Å²) in [6, 6.07) is 4.03. The summed E-state index contributed by atoms with van der Waals surface area (Å²) in [5, 5.41) is 9.33. The second-order valence-electron chi connectivity index (χ2n) is 3.80. The van der Waals surface area contributed by atoms with Crippen LogP contribution in [0.4, 0.5) is 0 Å². The zero-order valence-corrected chi connectivity index (χ0v) is 12.3. The van der Waals surface area contributed by atoms with Gasteiger partial charge in [-0.2, -0.15) is 0 Å². The first kappa shape index (κ1) is 15.0. The number of carbonyl (C=O) groups excluding carboxylic acids is 1. The minimum Gasteiger partial charge on any atom is -0.480 e. The number of aliphatic carboxylic acids is 1. The van der Waals surface area contributed by atoms with Gasteiger partial charge in [0.05, 0.1) is 10.6 Å². The van der Waals surface area contributed by atoms with Crippen molar-refractivity contribution in [2.24, 2.45) is 0 Å². The molecule has 1 aromatic carbocycles. The van der Waals surface area contributed by atoms with Gasteiger partial charge in [0.2, 0.25) is 0 Å². The molecule has 4 nitrogen and oxygen atoms in total. The van der Waals surface area contributed by atoms with E-state index in [-0.39, 0.29) is 5.56 Å². The molecule has 1 N–H and O–H groups in total. The minimum absolute atomic E-state index is 0.285. The molecule has 0 aliphatic carbocycles. The van der Waals surface area contributed by atoms with Crippen LogP contribution in [0.5, 0.6) is 0 Å². The lowest BCUT2D eigenvalue weighted by Crippen LogP contribution is -2.42. The molecule has 0 saturated heterocycles. The number of carboxylic acid groups (broad SMARTS) is 1. The number of nitrogens with zero attached hydrogens (tertiary/aromatic N) is 1. The third-order valence-corrected chi connectivity index (χ3v) is 3.44. The van der Waals surface area contributed by atoms with Gasteiger partial charge in [0, 0.05) is 11.5 Å². The average molecular weight is 335 g/mol. The number of halogens is 2. The van der Waals surface area contributed by atoms with E-state index in [1.54, 1.807) is 25.1 Å². The van der Waals surface area contributed by atoms with E-state index in [0.29, 0.717) is 15.9 Å². The Kier molecular flexibility index (Phi) is 5.16. The molecule has 1 rings (SSSR count). The van der Waals surface area contributed by atoms with E-state index in [4.69, 9.17) is 16.7 Å². The summed E-state index contributed by atoms with van der Waals surface area (Å²) in [5.74, 6) is -1.44. The lowest BCUT2D eigenvalue weighted by atomic mass is 10.1. The lowest BCUT2D eigenvalue weighted by Gasteiger charge is -2.24. The molecule has 0 aromatic heterocycles. The molecule has 0 aliphatic heterocycles. The average Bonchev–Trinajstić information content (AvgIpc) is 2.31. The Morgan fingerprint density at radius 1 is 1.50 bits per heavy atom. The van der Waals surface area contributed by atoms with Crippen molar-refractivity contribution in [1.29, 1.82) is 0 Å². The van der Waals surface area contributed by atoms with Gasteiger partial charge in [0.15, 0.2) is 0 Å². The Labute approximate surface area is 119 Å². The van der Waals surface area contributed by atoms with Crippen LogP contribution in [0.25, 0.3) is 0 Å². The van der Waals surface area contributed by atoms with Crippen molar-refractivity contribution in [3.63, 3.8) is 0 Å². The number of carboxylic acids is 1. The second-order valence-corrected chi connectivity index (χ2v) is 5.13. The third-order valence-electron chi connectivity index (χ3n) is 2.62. The highest BCUT2D eigenvalue weighted by Gasteiger charge is 2.26. The maximum Gasteiger partial charge on any atom is 0.326 e. The summed E-state index contributed by atoms with van der Waals surface area (Å²) in [4.78, 5) is 24.4. The Morgan fingerprint density at radius 3 is 2.61 bits per heavy atom. The molecule has 0 aliphatic rings. The SMILES string of the molecule is CCC(C(=O)O)N(C)C(=O)c1cc(Br)ccc1Cl. The summed E-state index contributed by atoms with van der Waals surface area (Å²) < 4.78 is 0.715. The quantitative estimate of drug-likeness (QED) is 0.921. The Bertz CT molecular complexity index is 478. The summed E-state index contributed by atoms with van der Waals surface area (Å²) in [6.45, 7) is 1.71. The lowest BCUT2D eigenvalue weighted by molar-refractivity contribution is -0.142. The molecule has 1 atom stereocenters. The second kappa shape index (κ2) is 6.20. The van der Waals surface area contributed by atoms with Gasteiger partial charge in [0.1, 0.15) is 6.04 Å². The van der Waals surface area contributed by atoms with Gasteiger partial charge in [-0.3, -0.25) is 4.79 Å². The first-order chi connectivity index (χ1) is 8.38. The predicted octanol–water partition coefficient (Wildman–Crippen LogP) is 3.04. The van der Waals surface area contributed by atoms with E-state index in [2.05, 4.69) is 15.9 Å². The van der Waals surface area contributed by atoms with Crippen molar-refractivity contribution in [3.8, 4) is 0 Å². The molecule has 1 amide bonds. The molecule has 98 valence electrons. The standard InChI is InChI=1S/C12H13BrClNO3/c1-3-10(12(17)18)15(2)11(16)8-6-7(13)4-5-9(8)14/h4-6,10H,3H2,1-2H3,(H,17,18). The van der Waals surface area contributed by atoms with Gasteiger partial charge < -0.3 is 10.0 Å². The molecular formula is C12H13BrClNO3. The normalized spacial score (nSPS) is 12.0. The zero-order chi connectivity index (χ0) is 13.9. The third kappa shape index (κ3) is 3.23. The molecule has 0 heterocycles. The van der Waals surface area contributed by atoms with E-state index in [1.165, 1.54) is 11.9 Å². The first-order valence-corrected chi connectivity index (χ1v) is 6.50. The number of benzene rings is 1. The molecule has 18 heavy (non-hydrogen) atoms. The van der Waals surface area contributed by atoms with Crippen molar-refractivity contribution in [1.82, 2.24) is 4.90 Å². The molecule has 1 aromatic rings. The fourth-order valence-corrected chi connectivity index (χ4v) is 2.17. The number of hydrogen-bond donors (Lipinski definition) is 1. The Morgan fingerprint density at radius 2 is 2.11 bits per heavy atom. The summed E-state index contributed by atoms with van der Waals surface area (Å²) in [7, 11) is 1.46. The number of likely N-dealkylation sites (N-methyl/N-ethyl adjacent to an activating group) is 1. The molecule has 0 saturated carbocycles. The van der Waals surface area contributed by atoms with E-state index >= 15 is 0 Å². The van der Waals surface area contributed by atoms with Crippen LogP contribution in [0.15, 0.2) is 22.7 Å². The smallest absolute Gasteiger partial charge is 0.326 e. The predicted molar refractivity (Wildman–Crippen MR) is 73.0 cm³/mol. The fourth-order valence-electron chi connectivity index (χ4n) is 1.61. The molecule has 0 bridgehead atoms. The largest absolute Gasteiger partial charge is 0.480 e. The molecule has 0 fully saturated rings. The van der Waals surface area contributed by atoms with E-state index in [9.17, 15) is 9.59 Å². The summed E-state index contributed by atoms with van der Waals surface area (Å²) >= 11 is 9.20. The van der Waals surface area contributed by atoms with E-state index < -0.39 is 17.9 Å².